The molecule has 126 valence electrons. The van der Waals surface area contributed by atoms with Gasteiger partial charge in [-0.15, -0.1) is 11.3 Å². The lowest BCUT2D eigenvalue weighted by molar-refractivity contribution is -0.146. The molecular weight excluding hydrogens is 318 g/mol. The monoisotopic (exact) mass is 339 g/mol. The Bertz CT molecular complexity index is 583. The number of carbonyl (C=O) groups is 3. The number of ether oxygens (including phenoxy) is 1. The number of rotatable bonds is 8. The summed E-state index contributed by atoms with van der Waals surface area (Å²) >= 11 is 1.39. The summed E-state index contributed by atoms with van der Waals surface area (Å²) in [7, 11) is 0. The highest BCUT2D eigenvalue weighted by Crippen LogP contribution is 2.27. The Kier molecular flexibility index (Phi) is 6.09. The number of amides is 2. The molecular formula is C15H21N3O4S. The number of aromatic nitrogens is 1. The third-order valence-corrected chi connectivity index (χ3v) is 4.17. The summed E-state index contributed by atoms with van der Waals surface area (Å²) in [5.41, 5.74) is 0. The van der Waals surface area contributed by atoms with E-state index in [1.54, 1.807) is 18.0 Å². The Hall–Kier alpha value is -1.96. The number of anilines is 1. The zero-order valence-electron chi connectivity index (χ0n) is 13.3. The molecule has 1 fully saturated rings. The fourth-order valence-corrected chi connectivity index (χ4v) is 2.80. The first-order valence-corrected chi connectivity index (χ1v) is 8.48. The Morgan fingerprint density at radius 3 is 2.70 bits per heavy atom. The zero-order chi connectivity index (χ0) is 16.8. The number of nitrogens with zero attached hydrogens (tertiary/aromatic N) is 2. The van der Waals surface area contributed by atoms with Crippen molar-refractivity contribution in [2.24, 2.45) is 0 Å². The molecule has 1 aromatic rings. The van der Waals surface area contributed by atoms with Gasteiger partial charge in [0.1, 0.15) is 6.54 Å². The minimum absolute atomic E-state index is 0.00898. The highest BCUT2D eigenvalue weighted by atomic mass is 32.1. The van der Waals surface area contributed by atoms with Crippen LogP contribution in [0, 0.1) is 6.92 Å². The molecule has 0 atom stereocenters. The Labute approximate surface area is 139 Å². The largest absolute Gasteiger partial charge is 0.466 e. The van der Waals surface area contributed by atoms with E-state index in [0.29, 0.717) is 11.7 Å². The summed E-state index contributed by atoms with van der Waals surface area (Å²) in [6, 6.07) is 0.105. The van der Waals surface area contributed by atoms with E-state index < -0.39 is 0 Å². The van der Waals surface area contributed by atoms with Crippen molar-refractivity contribution in [1.29, 1.82) is 0 Å². The van der Waals surface area contributed by atoms with E-state index in [9.17, 15) is 14.4 Å². The molecule has 0 bridgehead atoms. The molecule has 8 heteroatoms. The SMILES string of the molecule is CCOC(=O)CCC(=O)N(CC(=O)Nc1ncc(C)s1)C1CC1. The molecule has 2 rings (SSSR count). The van der Waals surface area contributed by atoms with Gasteiger partial charge in [-0.3, -0.25) is 14.4 Å². The predicted octanol–water partition coefficient (Wildman–Crippen LogP) is 1.72. The Balaban J connectivity index is 1.84. The van der Waals surface area contributed by atoms with Crippen molar-refractivity contribution in [1.82, 2.24) is 9.88 Å². The van der Waals surface area contributed by atoms with E-state index in [1.807, 2.05) is 6.92 Å². The normalized spacial score (nSPS) is 13.5. The van der Waals surface area contributed by atoms with E-state index >= 15 is 0 Å². The van der Waals surface area contributed by atoms with E-state index in [-0.39, 0.29) is 43.2 Å². The first-order chi connectivity index (χ1) is 11.0. The van der Waals surface area contributed by atoms with Crippen molar-refractivity contribution < 1.29 is 19.1 Å². The van der Waals surface area contributed by atoms with Gasteiger partial charge in [0.05, 0.1) is 13.0 Å². The van der Waals surface area contributed by atoms with Gasteiger partial charge in [0.2, 0.25) is 11.8 Å². The fourth-order valence-electron chi connectivity index (χ4n) is 2.12. The number of esters is 1. The van der Waals surface area contributed by atoms with Crippen LogP contribution in [-0.4, -0.2) is 46.9 Å². The molecule has 0 aromatic carbocycles. The van der Waals surface area contributed by atoms with E-state index in [0.717, 1.165) is 17.7 Å². The molecule has 0 radical (unpaired) electrons. The third-order valence-electron chi connectivity index (χ3n) is 3.34. The summed E-state index contributed by atoms with van der Waals surface area (Å²) in [5.74, 6) is -0.846. The number of aryl methyl sites for hydroxylation is 1. The summed E-state index contributed by atoms with van der Waals surface area (Å²) < 4.78 is 4.81. The molecule has 1 aromatic heterocycles. The van der Waals surface area contributed by atoms with Gasteiger partial charge < -0.3 is 15.0 Å². The zero-order valence-corrected chi connectivity index (χ0v) is 14.1. The van der Waals surface area contributed by atoms with Crippen molar-refractivity contribution >= 4 is 34.3 Å². The topological polar surface area (TPSA) is 88.6 Å². The van der Waals surface area contributed by atoms with Crippen molar-refractivity contribution in [3.8, 4) is 0 Å². The highest BCUT2D eigenvalue weighted by Gasteiger charge is 2.33. The van der Waals surface area contributed by atoms with Crippen molar-refractivity contribution in [3.05, 3.63) is 11.1 Å². The van der Waals surface area contributed by atoms with Gasteiger partial charge in [0.25, 0.3) is 0 Å². The minimum atomic E-state index is -0.390. The van der Waals surface area contributed by atoms with Crippen LogP contribution < -0.4 is 5.32 Å². The van der Waals surface area contributed by atoms with Crippen molar-refractivity contribution in [2.45, 2.75) is 45.6 Å². The van der Waals surface area contributed by atoms with Gasteiger partial charge in [-0.25, -0.2) is 4.98 Å². The van der Waals surface area contributed by atoms with Crippen LogP contribution in [0.2, 0.25) is 0 Å². The van der Waals surface area contributed by atoms with Gasteiger partial charge >= 0.3 is 5.97 Å². The maximum absolute atomic E-state index is 12.3. The van der Waals surface area contributed by atoms with E-state index in [4.69, 9.17) is 4.74 Å². The maximum atomic E-state index is 12.3. The van der Waals surface area contributed by atoms with Crippen LogP contribution in [-0.2, 0) is 19.1 Å². The summed E-state index contributed by atoms with van der Waals surface area (Å²) in [6.07, 6.45) is 3.59. The van der Waals surface area contributed by atoms with Gasteiger partial charge in [0, 0.05) is 23.5 Å². The summed E-state index contributed by atoms with van der Waals surface area (Å²) in [6.45, 7) is 3.92. The van der Waals surface area contributed by atoms with Crippen LogP contribution in [0.4, 0.5) is 5.13 Å². The lowest BCUT2D eigenvalue weighted by atomic mass is 10.2. The molecule has 0 aliphatic heterocycles. The number of hydrogen-bond acceptors (Lipinski definition) is 6. The smallest absolute Gasteiger partial charge is 0.306 e. The average molecular weight is 339 g/mol. The Morgan fingerprint density at radius 1 is 1.39 bits per heavy atom. The molecule has 0 saturated heterocycles. The van der Waals surface area contributed by atoms with Gasteiger partial charge in [-0.05, 0) is 26.7 Å². The van der Waals surface area contributed by atoms with Gasteiger partial charge in [-0.1, -0.05) is 0 Å². The van der Waals surface area contributed by atoms with Crippen LogP contribution in [0.3, 0.4) is 0 Å². The fraction of sp³-hybridized carbons (Fsp3) is 0.600. The van der Waals surface area contributed by atoms with Crippen LogP contribution >= 0.6 is 11.3 Å². The number of thiazole rings is 1. The average Bonchev–Trinajstić information content (AvgIpc) is 3.26. The van der Waals surface area contributed by atoms with Crippen molar-refractivity contribution in [2.75, 3.05) is 18.5 Å². The van der Waals surface area contributed by atoms with E-state index in [2.05, 4.69) is 10.3 Å². The highest BCUT2D eigenvalue weighted by molar-refractivity contribution is 7.15. The second-order valence-corrected chi connectivity index (χ2v) is 6.62. The molecule has 1 heterocycles. The second kappa shape index (κ2) is 8.05. The molecule has 23 heavy (non-hydrogen) atoms. The number of nitrogens with one attached hydrogen (secondary N) is 1. The number of hydrogen-bond donors (Lipinski definition) is 1. The third kappa shape index (κ3) is 5.63. The van der Waals surface area contributed by atoms with Crippen LogP contribution in [0.1, 0.15) is 37.5 Å². The van der Waals surface area contributed by atoms with Gasteiger partial charge in [0.15, 0.2) is 5.13 Å². The summed E-state index contributed by atoms with van der Waals surface area (Å²) in [5, 5.41) is 3.23. The van der Waals surface area contributed by atoms with E-state index in [1.165, 1.54) is 11.3 Å². The molecule has 1 aliphatic carbocycles. The van der Waals surface area contributed by atoms with Crippen LogP contribution in [0.5, 0.6) is 0 Å². The predicted molar refractivity (Wildman–Crippen MR) is 86.1 cm³/mol. The Morgan fingerprint density at radius 2 is 2.13 bits per heavy atom. The lowest BCUT2D eigenvalue weighted by Crippen LogP contribution is -2.39. The molecule has 1 saturated carbocycles. The number of carbonyl (C=O) groups excluding carboxylic acids is 3. The minimum Gasteiger partial charge on any atom is -0.466 e. The summed E-state index contributed by atoms with van der Waals surface area (Å²) in [4.78, 5) is 42.3. The standard InChI is InChI=1S/C15H21N3O4S/c1-3-22-14(21)7-6-13(20)18(11-4-5-11)9-12(19)17-15-16-8-10(2)23-15/h8,11H,3-7,9H2,1-2H3,(H,16,17,19). The van der Waals surface area contributed by atoms with Crippen LogP contribution in [0.15, 0.2) is 6.20 Å². The second-order valence-electron chi connectivity index (χ2n) is 5.38. The molecule has 2 amide bonds. The first kappa shape index (κ1) is 17.4. The molecule has 1 N–H and O–H groups in total. The first-order valence-electron chi connectivity index (χ1n) is 7.67. The molecule has 1 aliphatic rings. The quantitative estimate of drug-likeness (QED) is 0.729. The maximum Gasteiger partial charge on any atom is 0.306 e. The molecule has 7 nitrogen and oxygen atoms in total. The molecule has 0 unspecified atom stereocenters. The molecule has 0 spiro atoms. The van der Waals surface area contributed by atoms with Gasteiger partial charge in [-0.2, -0.15) is 0 Å². The van der Waals surface area contributed by atoms with Crippen LogP contribution in [0.25, 0.3) is 0 Å². The lowest BCUT2D eigenvalue weighted by Gasteiger charge is -2.21. The van der Waals surface area contributed by atoms with Crippen molar-refractivity contribution in [3.63, 3.8) is 0 Å².